The molecule has 0 amide bonds. The van der Waals surface area contributed by atoms with Crippen molar-refractivity contribution in [2.45, 2.75) is 27.2 Å². The number of terminal acetylenes is 1. The zero-order chi connectivity index (χ0) is 12.7. The van der Waals surface area contributed by atoms with Gasteiger partial charge >= 0.3 is 0 Å². The molecule has 0 N–H and O–H groups in total. The fraction of sp³-hybridized carbons (Fsp3) is 0.294. The lowest BCUT2D eigenvalue weighted by Crippen LogP contribution is -1.96. The normalized spacial score (nSPS) is 20.8. The van der Waals surface area contributed by atoms with Gasteiger partial charge in [0.2, 0.25) is 0 Å². The summed E-state index contributed by atoms with van der Waals surface area (Å²) in [5, 5.41) is 0. The van der Waals surface area contributed by atoms with E-state index >= 15 is 0 Å². The van der Waals surface area contributed by atoms with Gasteiger partial charge < -0.3 is 0 Å². The van der Waals surface area contributed by atoms with Gasteiger partial charge in [-0.3, -0.25) is 0 Å². The van der Waals surface area contributed by atoms with E-state index < -0.39 is 0 Å². The van der Waals surface area contributed by atoms with E-state index in [0.717, 1.165) is 0 Å². The standard InChI is InChI=1S/C17H20/c1-5-6-7-8-9-15(3)17-13-11-14(2)10-12-16(17)4/h1,7-13,16H,6H2,2-4H3/b8-7-,15-9+. The quantitative estimate of drug-likeness (QED) is 0.486. The van der Waals surface area contributed by atoms with Gasteiger partial charge in [0.25, 0.3) is 0 Å². The minimum Gasteiger partial charge on any atom is -0.120 e. The zero-order valence-electron chi connectivity index (χ0n) is 10.9. The van der Waals surface area contributed by atoms with Crippen molar-refractivity contribution in [1.82, 2.24) is 0 Å². The van der Waals surface area contributed by atoms with Gasteiger partial charge in [0, 0.05) is 6.42 Å². The van der Waals surface area contributed by atoms with Crippen LogP contribution >= 0.6 is 0 Å². The first-order valence-corrected chi connectivity index (χ1v) is 5.99. The molecule has 0 aromatic rings. The first kappa shape index (κ1) is 13.3. The van der Waals surface area contributed by atoms with Crippen molar-refractivity contribution in [2.24, 2.45) is 5.92 Å². The van der Waals surface area contributed by atoms with Crippen LogP contribution in [0.15, 0.2) is 59.3 Å². The summed E-state index contributed by atoms with van der Waals surface area (Å²) in [6, 6.07) is 0. The Morgan fingerprint density at radius 2 is 2.24 bits per heavy atom. The van der Waals surface area contributed by atoms with Crippen LogP contribution in [0.25, 0.3) is 0 Å². The topological polar surface area (TPSA) is 0 Å². The van der Waals surface area contributed by atoms with Gasteiger partial charge in [-0.1, -0.05) is 55.0 Å². The van der Waals surface area contributed by atoms with Gasteiger partial charge in [0.05, 0.1) is 0 Å². The molecule has 17 heavy (non-hydrogen) atoms. The average Bonchev–Trinajstić information content (AvgIpc) is 2.47. The Hall–Kier alpha value is -1.74. The van der Waals surface area contributed by atoms with Gasteiger partial charge in [-0.15, -0.1) is 12.3 Å². The summed E-state index contributed by atoms with van der Waals surface area (Å²) < 4.78 is 0. The Labute approximate surface area is 105 Å². The predicted octanol–water partition coefficient (Wildman–Crippen LogP) is 4.59. The molecule has 1 aliphatic rings. The van der Waals surface area contributed by atoms with Crippen LogP contribution in [-0.4, -0.2) is 0 Å². The van der Waals surface area contributed by atoms with E-state index in [4.69, 9.17) is 6.42 Å². The Kier molecular flexibility index (Phi) is 5.30. The van der Waals surface area contributed by atoms with Crippen LogP contribution in [-0.2, 0) is 0 Å². The maximum absolute atomic E-state index is 5.20. The maximum atomic E-state index is 5.20. The van der Waals surface area contributed by atoms with Gasteiger partial charge in [-0.25, -0.2) is 0 Å². The highest BCUT2D eigenvalue weighted by molar-refractivity contribution is 5.42. The largest absolute Gasteiger partial charge is 0.120 e. The van der Waals surface area contributed by atoms with Crippen molar-refractivity contribution in [3.63, 3.8) is 0 Å². The van der Waals surface area contributed by atoms with Crippen molar-refractivity contribution in [3.8, 4) is 12.3 Å². The molecular formula is C17H20. The smallest absolute Gasteiger partial charge is 0.0270 e. The van der Waals surface area contributed by atoms with Crippen LogP contribution in [0.1, 0.15) is 27.2 Å². The first-order chi connectivity index (χ1) is 8.15. The molecule has 0 radical (unpaired) electrons. The molecule has 1 aliphatic carbocycles. The summed E-state index contributed by atoms with van der Waals surface area (Å²) in [7, 11) is 0. The Morgan fingerprint density at radius 1 is 1.47 bits per heavy atom. The molecule has 0 fully saturated rings. The third-order valence-electron chi connectivity index (χ3n) is 2.84. The highest BCUT2D eigenvalue weighted by atomic mass is 14.1. The summed E-state index contributed by atoms with van der Waals surface area (Å²) in [5.74, 6) is 3.05. The molecule has 1 atom stereocenters. The first-order valence-electron chi connectivity index (χ1n) is 5.99. The molecule has 0 aromatic heterocycles. The highest BCUT2D eigenvalue weighted by Gasteiger charge is 2.08. The van der Waals surface area contributed by atoms with E-state index in [1.165, 1.54) is 16.7 Å². The fourth-order valence-electron chi connectivity index (χ4n) is 1.76. The van der Waals surface area contributed by atoms with E-state index in [-0.39, 0.29) is 0 Å². The van der Waals surface area contributed by atoms with E-state index in [0.29, 0.717) is 12.3 Å². The molecule has 1 unspecified atom stereocenters. The predicted molar refractivity (Wildman–Crippen MR) is 76.5 cm³/mol. The Bertz CT molecular complexity index is 445. The van der Waals surface area contributed by atoms with Crippen molar-refractivity contribution >= 4 is 0 Å². The van der Waals surface area contributed by atoms with E-state index in [1.54, 1.807) is 0 Å². The van der Waals surface area contributed by atoms with Crippen molar-refractivity contribution in [2.75, 3.05) is 0 Å². The molecule has 0 saturated heterocycles. The van der Waals surface area contributed by atoms with Crippen LogP contribution in [0.4, 0.5) is 0 Å². The Balaban J connectivity index is 2.85. The number of hydrogen-bond acceptors (Lipinski definition) is 0. The highest BCUT2D eigenvalue weighted by Crippen LogP contribution is 2.24. The molecule has 0 aromatic carbocycles. The molecule has 0 aliphatic heterocycles. The minimum atomic E-state index is 0.459. The number of rotatable bonds is 3. The molecule has 0 heteroatoms. The molecule has 1 rings (SSSR count). The summed E-state index contributed by atoms with van der Waals surface area (Å²) in [6.07, 6.45) is 20.8. The van der Waals surface area contributed by atoms with Crippen molar-refractivity contribution in [1.29, 1.82) is 0 Å². The van der Waals surface area contributed by atoms with Crippen molar-refractivity contribution in [3.05, 3.63) is 59.3 Å². The van der Waals surface area contributed by atoms with E-state index in [9.17, 15) is 0 Å². The van der Waals surface area contributed by atoms with Crippen molar-refractivity contribution < 1.29 is 0 Å². The number of allylic oxidation sites excluding steroid dienone is 10. The van der Waals surface area contributed by atoms with Crippen LogP contribution in [0.3, 0.4) is 0 Å². The monoisotopic (exact) mass is 224 g/mol. The second-order valence-electron chi connectivity index (χ2n) is 4.37. The maximum Gasteiger partial charge on any atom is 0.0270 e. The third-order valence-corrected chi connectivity index (χ3v) is 2.84. The Morgan fingerprint density at radius 3 is 2.94 bits per heavy atom. The molecule has 0 nitrogen and oxygen atoms in total. The summed E-state index contributed by atoms with van der Waals surface area (Å²) in [5.41, 5.74) is 3.95. The summed E-state index contributed by atoms with van der Waals surface area (Å²) in [6.45, 7) is 6.48. The van der Waals surface area contributed by atoms with Crippen LogP contribution in [0.2, 0.25) is 0 Å². The average molecular weight is 224 g/mol. The second kappa shape index (κ2) is 6.76. The molecule has 0 spiro atoms. The number of hydrogen-bond donors (Lipinski definition) is 0. The van der Waals surface area contributed by atoms with Gasteiger partial charge in [-0.2, -0.15) is 0 Å². The van der Waals surface area contributed by atoms with Gasteiger partial charge in [0.1, 0.15) is 0 Å². The van der Waals surface area contributed by atoms with Crippen LogP contribution < -0.4 is 0 Å². The molecule has 0 saturated carbocycles. The van der Waals surface area contributed by atoms with Gasteiger partial charge in [0.15, 0.2) is 0 Å². The summed E-state index contributed by atoms with van der Waals surface area (Å²) >= 11 is 0. The lowest BCUT2D eigenvalue weighted by molar-refractivity contribution is 0.873. The molecule has 0 heterocycles. The van der Waals surface area contributed by atoms with Crippen LogP contribution in [0, 0.1) is 18.3 Å². The second-order valence-corrected chi connectivity index (χ2v) is 4.37. The zero-order valence-corrected chi connectivity index (χ0v) is 10.9. The summed E-state index contributed by atoms with van der Waals surface area (Å²) in [4.78, 5) is 0. The lowest BCUT2D eigenvalue weighted by atomic mass is 9.94. The minimum absolute atomic E-state index is 0.459. The lowest BCUT2D eigenvalue weighted by Gasteiger charge is -2.11. The van der Waals surface area contributed by atoms with Crippen LogP contribution in [0.5, 0.6) is 0 Å². The third kappa shape index (κ3) is 4.33. The van der Waals surface area contributed by atoms with E-state index in [2.05, 4.69) is 57.1 Å². The SMILES string of the molecule is C#CC/C=C\C=C(/C)C1=CC=C(C)C=CC1C. The molecule has 0 bridgehead atoms. The van der Waals surface area contributed by atoms with E-state index in [1.807, 2.05) is 12.2 Å². The fourth-order valence-corrected chi connectivity index (χ4v) is 1.76. The molecule has 88 valence electrons. The molecular weight excluding hydrogens is 204 g/mol. The van der Waals surface area contributed by atoms with Gasteiger partial charge in [-0.05, 0) is 30.9 Å².